The highest BCUT2D eigenvalue weighted by Crippen LogP contribution is 2.24. The molecule has 0 atom stereocenters. The van der Waals surface area contributed by atoms with Gasteiger partial charge in [0.1, 0.15) is 11.5 Å². The zero-order valence-corrected chi connectivity index (χ0v) is 11.6. The molecule has 1 amide bonds. The van der Waals surface area contributed by atoms with Crippen LogP contribution in [0.5, 0.6) is 5.75 Å². The second-order valence-corrected chi connectivity index (χ2v) is 5.91. The first-order valence-electron chi connectivity index (χ1n) is 6.47. The van der Waals surface area contributed by atoms with Gasteiger partial charge >= 0.3 is 6.09 Å². The minimum absolute atomic E-state index is 0.240. The van der Waals surface area contributed by atoms with Crippen LogP contribution in [0.25, 0.3) is 0 Å². The number of amides is 1. The number of carbonyl (C=O) groups excluding carboxylic acids is 2. The predicted octanol–water partition coefficient (Wildman–Crippen LogP) is 2.63. The molecule has 0 fully saturated rings. The molecule has 0 radical (unpaired) electrons. The Bertz CT molecular complexity index is 515. The van der Waals surface area contributed by atoms with Gasteiger partial charge in [-0.25, -0.2) is 4.79 Å². The van der Waals surface area contributed by atoms with Crippen LogP contribution < -0.4 is 10.1 Å². The number of hydrogen-bond donors (Lipinski definition) is 1. The summed E-state index contributed by atoms with van der Waals surface area (Å²) in [6.07, 6.45) is 1.35. The normalized spacial score (nSPS) is 14.8. The van der Waals surface area contributed by atoms with Crippen molar-refractivity contribution in [1.29, 1.82) is 0 Å². The maximum absolute atomic E-state index is 11.7. The Morgan fingerprint density at radius 3 is 2.63 bits per heavy atom. The number of aryl methyl sites for hydroxylation is 1. The molecule has 0 spiro atoms. The number of rotatable bonds is 1. The highest BCUT2D eigenvalue weighted by molar-refractivity contribution is 5.83. The summed E-state index contributed by atoms with van der Waals surface area (Å²) in [5.74, 6) is 0.721. The van der Waals surface area contributed by atoms with E-state index >= 15 is 0 Å². The number of nitrogens with one attached hydrogen (secondary N) is 1. The summed E-state index contributed by atoms with van der Waals surface area (Å²) in [6.45, 7) is 5.67. The van der Waals surface area contributed by atoms with Gasteiger partial charge < -0.3 is 10.1 Å². The van der Waals surface area contributed by atoms with Crippen molar-refractivity contribution in [2.24, 2.45) is 0 Å². The van der Waals surface area contributed by atoms with Crippen molar-refractivity contribution in [1.82, 2.24) is 5.32 Å². The molecule has 4 heteroatoms. The molecule has 2 rings (SSSR count). The third-order valence-corrected chi connectivity index (χ3v) is 2.93. The van der Waals surface area contributed by atoms with Crippen molar-refractivity contribution < 1.29 is 14.3 Å². The van der Waals surface area contributed by atoms with Crippen LogP contribution in [0.4, 0.5) is 4.79 Å². The molecule has 0 saturated carbocycles. The first-order valence-corrected chi connectivity index (χ1v) is 6.47. The third kappa shape index (κ3) is 3.81. The Morgan fingerprint density at radius 1 is 1.21 bits per heavy atom. The average Bonchev–Trinajstić information content (AvgIpc) is 2.25. The second-order valence-electron chi connectivity index (χ2n) is 5.91. The van der Waals surface area contributed by atoms with Crippen molar-refractivity contribution in [3.8, 4) is 5.75 Å². The number of carbonyl (C=O) groups is 2. The van der Waals surface area contributed by atoms with E-state index < -0.39 is 6.09 Å². The van der Waals surface area contributed by atoms with Crippen molar-refractivity contribution in [3.63, 3.8) is 0 Å². The standard InChI is InChI=1S/C15H19NO3/c1-15(2,3)16-14(18)19-13-7-5-10-4-6-12(17)8-11(10)9-13/h5,7,9H,4,6,8H2,1-3H3,(H,16,18). The molecule has 0 heterocycles. The largest absolute Gasteiger partial charge is 0.413 e. The lowest BCUT2D eigenvalue weighted by Gasteiger charge is -2.20. The first-order chi connectivity index (χ1) is 8.83. The van der Waals surface area contributed by atoms with E-state index in [-0.39, 0.29) is 11.3 Å². The number of ether oxygens (including phenoxy) is 1. The summed E-state index contributed by atoms with van der Waals surface area (Å²) in [5, 5.41) is 2.73. The van der Waals surface area contributed by atoms with Gasteiger partial charge in [-0.05, 0) is 50.5 Å². The van der Waals surface area contributed by atoms with E-state index in [9.17, 15) is 9.59 Å². The summed E-state index contributed by atoms with van der Waals surface area (Å²) in [7, 11) is 0. The minimum Gasteiger partial charge on any atom is -0.410 e. The van der Waals surface area contributed by atoms with E-state index in [1.807, 2.05) is 26.8 Å². The van der Waals surface area contributed by atoms with E-state index in [1.165, 1.54) is 5.56 Å². The highest BCUT2D eigenvalue weighted by atomic mass is 16.6. The molecular weight excluding hydrogens is 242 g/mol. The topological polar surface area (TPSA) is 55.4 Å². The zero-order chi connectivity index (χ0) is 14.0. The lowest BCUT2D eigenvalue weighted by molar-refractivity contribution is -0.118. The quantitative estimate of drug-likeness (QED) is 0.845. The molecule has 0 unspecified atom stereocenters. The van der Waals surface area contributed by atoms with Gasteiger partial charge in [0.05, 0.1) is 0 Å². The fraction of sp³-hybridized carbons (Fsp3) is 0.467. The third-order valence-electron chi connectivity index (χ3n) is 2.93. The Balaban J connectivity index is 2.08. The van der Waals surface area contributed by atoms with Crippen LogP contribution in [0.2, 0.25) is 0 Å². The SMILES string of the molecule is CC(C)(C)NC(=O)Oc1ccc2c(c1)CC(=O)CC2. The van der Waals surface area contributed by atoms with Crippen molar-refractivity contribution >= 4 is 11.9 Å². The number of fused-ring (bicyclic) bond motifs is 1. The predicted molar refractivity (Wildman–Crippen MR) is 72.4 cm³/mol. The van der Waals surface area contributed by atoms with Gasteiger partial charge in [-0.3, -0.25) is 4.79 Å². The molecule has 19 heavy (non-hydrogen) atoms. The molecule has 1 aliphatic carbocycles. The van der Waals surface area contributed by atoms with Crippen LogP contribution in [0.1, 0.15) is 38.3 Å². The van der Waals surface area contributed by atoms with Gasteiger partial charge in [0.25, 0.3) is 0 Å². The van der Waals surface area contributed by atoms with Crippen LogP contribution in [-0.2, 0) is 17.6 Å². The summed E-state index contributed by atoms with van der Waals surface area (Å²) < 4.78 is 5.23. The van der Waals surface area contributed by atoms with Crippen LogP contribution in [0.15, 0.2) is 18.2 Å². The summed E-state index contributed by atoms with van der Waals surface area (Å²) in [6, 6.07) is 5.49. The molecule has 1 aliphatic rings. The molecule has 1 aromatic carbocycles. The molecule has 0 aromatic heterocycles. The molecular formula is C15H19NO3. The first kappa shape index (κ1) is 13.6. The molecule has 4 nitrogen and oxygen atoms in total. The molecule has 1 aromatic rings. The van der Waals surface area contributed by atoms with E-state index in [1.54, 1.807) is 12.1 Å². The van der Waals surface area contributed by atoms with Gasteiger partial charge in [0.15, 0.2) is 0 Å². The van der Waals surface area contributed by atoms with E-state index in [0.29, 0.717) is 18.6 Å². The van der Waals surface area contributed by atoms with Gasteiger partial charge in [0.2, 0.25) is 0 Å². The maximum Gasteiger partial charge on any atom is 0.413 e. The lowest BCUT2D eigenvalue weighted by atomic mass is 9.91. The summed E-state index contributed by atoms with van der Waals surface area (Å²) in [4.78, 5) is 23.1. The van der Waals surface area contributed by atoms with E-state index in [0.717, 1.165) is 12.0 Å². The van der Waals surface area contributed by atoms with E-state index in [2.05, 4.69) is 5.32 Å². The monoisotopic (exact) mass is 261 g/mol. The van der Waals surface area contributed by atoms with E-state index in [4.69, 9.17) is 4.74 Å². The van der Waals surface area contributed by atoms with Gasteiger partial charge in [0, 0.05) is 18.4 Å². The van der Waals surface area contributed by atoms with Gasteiger partial charge in [-0.2, -0.15) is 0 Å². The van der Waals surface area contributed by atoms with Gasteiger partial charge in [-0.1, -0.05) is 6.07 Å². The zero-order valence-electron chi connectivity index (χ0n) is 11.6. The summed E-state index contributed by atoms with van der Waals surface area (Å²) >= 11 is 0. The van der Waals surface area contributed by atoms with Crippen molar-refractivity contribution in [2.45, 2.75) is 45.6 Å². The highest BCUT2D eigenvalue weighted by Gasteiger charge is 2.18. The maximum atomic E-state index is 11.7. The number of ketones is 1. The molecule has 0 aliphatic heterocycles. The minimum atomic E-state index is -0.477. The molecule has 1 N–H and O–H groups in total. The average molecular weight is 261 g/mol. The van der Waals surface area contributed by atoms with Crippen LogP contribution in [0, 0.1) is 0 Å². The van der Waals surface area contributed by atoms with Gasteiger partial charge in [-0.15, -0.1) is 0 Å². The number of benzene rings is 1. The Kier molecular flexibility index (Phi) is 3.60. The Hall–Kier alpha value is -1.84. The lowest BCUT2D eigenvalue weighted by Crippen LogP contribution is -2.42. The molecule has 102 valence electrons. The fourth-order valence-corrected chi connectivity index (χ4v) is 2.09. The summed E-state index contributed by atoms with van der Waals surface area (Å²) in [5.41, 5.74) is 1.81. The number of hydrogen-bond acceptors (Lipinski definition) is 3. The number of Topliss-reactive ketones (excluding diaryl/α,β-unsaturated/α-hetero) is 1. The van der Waals surface area contributed by atoms with Crippen LogP contribution >= 0.6 is 0 Å². The molecule has 0 bridgehead atoms. The fourth-order valence-electron chi connectivity index (χ4n) is 2.09. The smallest absolute Gasteiger partial charge is 0.410 e. The van der Waals surface area contributed by atoms with Crippen molar-refractivity contribution in [2.75, 3.05) is 0 Å². The second kappa shape index (κ2) is 5.03. The Labute approximate surface area is 113 Å². The molecule has 0 saturated heterocycles. The van der Waals surface area contributed by atoms with Crippen molar-refractivity contribution in [3.05, 3.63) is 29.3 Å². The van der Waals surface area contributed by atoms with Crippen LogP contribution in [0.3, 0.4) is 0 Å². The Morgan fingerprint density at radius 2 is 1.95 bits per heavy atom. The van der Waals surface area contributed by atoms with Crippen LogP contribution in [-0.4, -0.2) is 17.4 Å².